The number of fused-ring (bicyclic) bond motifs is 1. The fourth-order valence-electron chi connectivity index (χ4n) is 2.52. The zero-order valence-corrected chi connectivity index (χ0v) is 12.2. The smallest absolute Gasteiger partial charge is 0.306 e. The molecule has 1 atom stereocenters. The van der Waals surface area contributed by atoms with Gasteiger partial charge in [-0.3, -0.25) is 4.79 Å². The maximum Gasteiger partial charge on any atom is 0.306 e. The highest BCUT2D eigenvalue weighted by molar-refractivity contribution is 14.1. The number of carbonyl (C=O) groups excluding carboxylic acids is 1. The van der Waals surface area contributed by atoms with Crippen LogP contribution in [0.25, 0.3) is 0 Å². The molecule has 0 saturated carbocycles. The lowest BCUT2D eigenvalue weighted by molar-refractivity contribution is -0.143. The summed E-state index contributed by atoms with van der Waals surface area (Å²) in [5.41, 5.74) is 2.77. The van der Waals surface area contributed by atoms with Gasteiger partial charge in [0.15, 0.2) is 0 Å². The van der Waals surface area contributed by atoms with Gasteiger partial charge in [0.1, 0.15) is 0 Å². The predicted molar refractivity (Wildman–Crippen MR) is 76.1 cm³/mol. The average Bonchev–Trinajstić information content (AvgIpc) is 2.29. The van der Waals surface area contributed by atoms with Crippen LogP contribution in [0, 0.1) is 3.57 Å². The molecule has 1 aromatic carbocycles. The molecule has 0 aromatic heterocycles. The van der Waals surface area contributed by atoms with E-state index in [1.165, 1.54) is 21.1 Å². The van der Waals surface area contributed by atoms with Crippen molar-refractivity contribution < 1.29 is 9.53 Å². The number of carbonyl (C=O) groups is 1. The highest BCUT2D eigenvalue weighted by Crippen LogP contribution is 2.34. The summed E-state index contributed by atoms with van der Waals surface area (Å²) < 4.78 is 6.32. The summed E-state index contributed by atoms with van der Waals surface area (Å²) in [6.07, 6.45) is 3.95. The van der Waals surface area contributed by atoms with E-state index in [1.54, 1.807) is 0 Å². The molecule has 0 unspecified atom stereocenters. The molecule has 0 saturated heterocycles. The minimum atomic E-state index is -0.0658. The summed E-state index contributed by atoms with van der Waals surface area (Å²) in [7, 11) is 0. The molecule has 2 rings (SSSR count). The molecule has 0 fully saturated rings. The molecule has 0 amide bonds. The van der Waals surface area contributed by atoms with Crippen LogP contribution in [0.2, 0.25) is 0 Å². The van der Waals surface area contributed by atoms with E-state index >= 15 is 0 Å². The number of esters is 1. The summed E-state index contributed by atoms with van der Waals surface area (Å²) >= 11 is 2.34. The van der Waals surface area contributed by atoms with Crippen LogP contribution in [-0.4, -0.2) is 12.6 Å². The van der Waals surface area contributed by atoms with E-state index in [1.807, 2.05) is 6.92 Å². The Balaban J connectivity index is 2.14. The third kappa shape index (κ3) is 3.21. The number of ether oxygens (including phenoxy) is 1. The minimum absolute atomic E-state index is 0.0658. The van der Waals surface area contributed by atoms with Gasteiger partial charge in [-0.1, -0.05) is 6.07 Å². The molecule has 0 bridgehead atoms. The van der Waals surface area contributed by atoms with Crippen molar-refractivity contribution in [2.24, 2.45) is 0 Å². The lowest BCUT2D eigenvalue weighted by atomic mass is 9.81. The third-order valence-corrected chi connectivity index (χ3v) is 3.93. The molecule has 2 nitrogen and oxygen atoms in total. The molecule has 3 heteroatoms. The first-order valence-corrected chi connectivity index (χ1v) is 7.22. The Morgan fingerprint density at radius 1 is 1.53 bits per heavy atom. The zero-order chi connectivity index (χ0) is 12.3. The van der Waals surface area contributed by atoms with Crippen LogP contribution in [0.1, 0.15) is 43.2 Å². The van der Waals surface area contributed by atoms with Crippen LogP contribution in [-0.2, 0) is 16.0 Å². The highest BCUT2D eigenvalue weighted by atomic mass is 127. The molecule has 0 radical (unpaired) electrons. The Morgan fingerprint density at radius 3 is 3.12 bits per heavy atom. The van der Waals surface area contributed by atoms with Crippen molar-refractivity contribution >= 4 is 28.6 Å². The van der Waals surface area contributed by atoms with E-state index in [0.29, 0.717) is 18.9 Å². The average molecular weight is 344 g/mol. The Kier molecular flexibility index (Phi) is 4.42. The van der Waals surface area contributed by atoms with Crippen molar-refractivity contribution in [3.05, 3.63) is 32.9 Å². The first-order valence-electron chi connectivity index (χ1n) is 6.14. The molecule has 0 spiro atoms. The maximum atomic E-state index is 11.6. The van der Waals surface area contributed by atoms with E-state index in [9.17, 15) is 4.79 Å². The van der Waals surface area contributed by atoms with Crippen LogP contribution in [0.4, 0.5) is 0 Å². The topological polar surface area (TPSA) is 26.3 Å². The molecular formula is C14H17IO2. The van der Waals surface area contributed by atoms with Gasteiger partial charge in [-0.2, -0.15) is 0 Å². The van der Waals surface area contributed by atoms with Gasteiger partial charge < -0.3 is 4.74 Å². The quantitative estimate of drug-likeness (QED) is 0.618. The molecule has 17 heavy (non-hydrogen) atoms. The number of aryl methyl sites for hydroxylation is 1. The number of benzene rings is 1. The molecule has 92 valence electrons. The van der Waals surface area contributed by atoms with E-state index in [0.717, 1.165) is 12.8 Å². The normalized spacial score (nSPS) is 18.6. The van der Waals surface area contributed by atoms with Crippen LogP contribution in [0.3, 0.4) is 0 Å². The van der Waals surface area contributed by atoms with Crippen LogP contribution in [0.5, 0.6) is 0 Å². The second-order valence-corrected chi connectivity index (χ2v) is 5.69. The second kappa shape index (κ2) is 5.85. The van der Waals surface area contributed by atoms with Gasteiger partial charge in [0.25, 0.3) is 0 Å². The van der Waals surface area contributed by atoms with E-state index in [2.05, 4.69) is 40.8 Å². The Morgan fingerprint density at radius 2 is 2.35 bits per heavy atom. The van der Waals surface area contributed by atoms with Gasteiger partial charge in [0.2, 0.25) is 0 Å². The number of hydrogen-bond donors (Lipinski definition) is 0. The summed E-state index contributed by atoms with van der Waals surface area (Å²) in [5, 5.41) is 0. The van der Waals surface area contributed by atoms with Gasteiger partial charge in [-0.15, -0.1) is 0 Å². The summed E-state index contributed by atoms with van der Waals surface area (Å²) in [6, 6.07) is 6.55. The number of rotatable bonds is 3. The SMILES string of the molecule is CCOC(=O)C[C@H]1CCCc2cc(I)ccc21. The van der Waals surface area contributed by atoms with Gasteiger partial charge >= 0.3 is 5.97 Å². The fraction of sp³-hybridized carbons (Fsp3) is 0.500. The third-order valence-electron chi connectivity index (χ3n) is 3.26. The molecular weight excluding hydrogens is 327 g/mol. The van der Waals surface area contributed by atoms with Gasteiger partial charge in [-0.25, -0.2) is 0 Å². The van der Waals surface area contributed by atoms with Crippen LogP contribution in [0.15, 0.2) is 18.2 Å². The summed E-state index contributed by atoms with van der Waals surface area (Å²) in [4.78, 5) is 11.6. The zero-order valence-electron chi connectivity index (χ0n) is 10.0. The lowest BCUT2D eigenvalue weighted by Crippen LogP contribution is -2.15. The van der Waals surface area contributed by atoms with Crippen molar-refractivity contribution in [1.29, 1.82) is 0 Å². The Bertz CT molecular complexity index is 415. The molecule has 1 aromatic rings. The molecule has 0 N–H and O–H groups in total. The predicted octanol–water partition coefficient (Wildman–Crippen LogP) is 3.66. The van der Waals surface area contributed by atoms with E-state index < -0.39 is 0 Å². The second-order valence-electron chi connectivity index (χ2n) is 4.44. The van der Waals surface area contributed by atoms with Crippen molar-refractivity contribution in [3.63, 3.8) is 0 Å². The number of hydrogen-bond acceptors (Lipinski definition) is 2. The Labute approximate surface area is 116 Å². The highest BCUT2D eigenvalue weighted by Gasteiger charge is 2.23. The molecule has 1 aliphatic rings. The van der Waals surface area contributed by atoms with Crippen LogP contribution >= 0.6 is 22.6 Å². The van der Waals surface area contributed by atoms with E-state index in [4.69, 9.17) is 4.74 Å². The summed E-state index contributed by atoms with van der Waals surface area (Å²) in [5.74, 6) is 0.290. The standard InChI is InChI=1S/C14H17IO2/c1-2-17-14(16)9-11-5-3-4-10-8-12(15)6-7-13(10)11/h6-8,11H,2-5,9H2,1H3/t11-/m1/s1. The van der Waals surface area contributed by atoms with Crippen LogP contribution < -0.4 is 0 Å². The molecule has 0 aliphatic heterocycles. The molecule has 0 heterocycles. The number of halogens is 1. The fourth-order valence-corrected chi connectivity index (χ4v) is 3.07. The van der Waals surface area contributed by atoms with Gasteiger partial charge in [0.05, 0.1) is 13.0 Å². The Hall–Kier alpha value is -0.580. The van der Waals surface area contributed by atoms with Crippen molar-refractivity contribution in [2.45, 2.75) is 38.5 Å². The lowest BCUT2D eigenvalue weighted by Gasteiger charge is -2.25. The van der Waals surface area contributed by atoms with Gasteiger partial charge in [0, 0.05) is 3.57 Å². The van der Waals surface area contributed by atoms with Crippen molar-refractivity contribution in [1.82, 2.24) is 0 Å². The summed E-state index contributed by atoms with van der Waals surface area (Å²) in [6.45, 7) is 2.33. The first-order chi connectivity index (χ1) is 8.20. The maximum absolute atomic E-state index is 11.6. The van der Waals surface area contributed by atoms with Gasteiger partial charge in [-0.05, 0) is 78.0 Å². The first kappa shape index (κ1) is 12.9. The monoisotopic (exact) mass is 344 g/mol. The van der Waals surface area contributed by atoms with E-state index in [-0.39, 0.29) is 5.97 Å². The minimum Gasteiger partial charge on any atom is -0.466 e. The van der Waals surface area contributed by atoms with Crippen molar-refractivity contribution in [3.8, 4) is 0 Å². The largest absolute Gasteiger partial charge is 0.466 e. The van der Waals surface area contributed by atoms with Crippen molar-refractivity contribution in [2.75, 3.05) is 6.61 Å². The molecule has 1 aliphatic carbocycles.